The predicted octanol–water partition coefficient (Wildman–Crippen LogP) is 3.97. The van der Waals surface area contributed by atoms with Crippen molar-refractivity contribution in [3.8, 4) is 0 Å². The van der Waals surface area contributed by atoms with Gasteiger partial charge < -0.3 is 9.84 Å². The van der Waals surface area contributed by atoms with E-state index in [0.29, 0.717) is 22.9 Å². The molecule has 3 aromatic heterocycles. The lowest BCUT2D eigenvalue weighted by molar-refractivity contribution is 0.0947. The van der Waals surface area contributed by atoms with Crippen LogP contribution in [0.5, 0.6) is 0 Å². The number of nitrogens with zero attached hydrogens (tertiary/aromatic N) is 2. The Labute approximate surface area is 148 Å². The molecule has 0 aliphatic carbocycles. The Hall–Kier alpha value is -2.12. The van der Waals surface area contributed by atoms with Gasteiger partial charge in [0.1, 0.15) is 10.8 Å². The number of amides is 1. The topological polar surface area (TPSA) is 68.0 Å². The third-order valence-electron chi connectivity index (χ3n) is 3.27. The molecule has 0 saturated heterocycles. The minimum absolute atomic E-state index is 0.118. The van der Waals surface area contributed by atoms with E-state index in [2.05, 4.69) is 28.4 Å². The lowest BCUT2D eigenvalue weighted by Crippen LogP contribution is -2.23. The minimum Gasteiger partial charge on any atom is -0.361 e. The van der Waals surface area contributed by atoms with Crippen LogP contribution in [0.2, 0.25) is 0 Å². The van der Waals surface area contributed by atoms with E-state index in [-0.39, 0.29) is 5.91 Å². The fourth-order valence-electron chi connectivity index (χ4n) is 2.15. The number of nitrogens with one attached hydrogen (secondary N) is 1. The minimum atomic E-state index is -0.118. The number of aromatic nitrogens is 2. The Morgan fingerprint density at radius 1 is 1.33 bits per heavy atom. The first kappa shape index (κ1) is 16.7. The van der Waals surface area contributed by atoms with Gasteiger partial charge in [0.2, 0.25) is 0 Å². The zero-order chi connectivity index (χ0) is 16.9. The first-order chi connectivity index (χ1) is 11.6. The van der Waals surface area contributed by atoms with E-state index in [9.17, 15) is 4.79 Å². The predicted molar refractivity (Wildman–Crippen MR) is 95.3 cm³/mol. The number of carbonyl (C=O) groups is 1. The van der Waals surface area contributed by atoms with Crippen molar-refractivity contribution in [1.82, 2.24) is 15.5 Å². The van der Waals surface area contributed by atoms with Crippen LogP contribution < -0.4 is 5.32 Å². The van der Waals surface area contributed by atoms with Crippen LogP contribution >= 0.6 is 23.1 Å². The molecule has 0 atom stereocenters. The van der Waals surface area contributed by atoms with Crippen molar-refractivity contribution >= 4 is 29.0 Å². The van der Waals surface area contributed by atoms with Gasteiger partial charge in [0.25, 0.3) is 5.91 Å². The molecule has 124 valence electrons. The summed E-state index contributed by atoms with van der Waals surface area (Å²) < 4.78 is 5.06. The molecular weight excluding hydrogens is 342 g/mol. The molecule has 24 heavy (non-hydrogen) atoms. The SMILES string of the molecule is Cc1cc(CSc2ncccc2C(=O)NCc2ccc(C)s2)no1. The maximum Gasteiger partial charge on any atom is 0.254 e. The second-order valence-corrected chi connectivity index (χ2v) is 7.61. The largest absolute Gasteiger partial charge is 0.361 e. The van der Waals surface area contributed by atoms with Gasteiger partial charge >= 0.3 is 0 Å². The standard InChI is InChI=1S/C17H17N3O2S2/c1-11-8-13(20-22-11)10-23-17-15(4-3-7-18-17)16(21)19-9-14-6-5-12(2)24-14/h3-8H,9-10H2,1-2H3,(H,19,21). The number of thiophene rings is 1. The molecule has 3 aromatic rings. The number of carbonyl (C=O) groups excluding carboxylic acids is 1. The fraction of sp³-hybridized carbons (Fsp3) is 0.235. The van der Waals surface area contributed by atoms with Crippen molar-refractivity contribution in [2.24, 2.45) is 0 Å². The number of hydrogen-bond acceptors (Lipinski definition) is 6. The maximum absolute atomic E-state index is 12.5. The van der Waals surface area contributed by atoms with Crippen molar-refractivity contribution in [3.05, 3.63) is 63.3 Å². The normalized spacial score (nSPS) is 10.8. The summed E-state index contributed by atoms with van der Waals surface area (Å²) in [6, 6.07) is 9.53. The smallest absolute Gasteiger partial charge is 0.254 e. The summed E-state index contributed by atoms with van der Waals surface area (Å²) in [4.78, 5) is 19.2. The van der Waals surface area contributed by atoms with E-state index in [4.69, 9.17) is 4.52 Å². The molecule has 1 amide bonds. The number of thioether (sulfide) groups is 1. The van der Waals surface area contributed by atoms with Crippen LogP contribution in [0.4, 0.5) is 0 Å². The highest BCUT2D eigenvalue weighted by Crippen LogP contribution is 2.24. The van der Waals surface area contributed by atoms with Gasteiger partial charge in [-0.2, -0.15) is 0 Å². The molecule has 0 fully saturated rings. The first-order valence-corrected chi connectivity index (χ1v) is 9.25. The lowest BCUT2D eigenvalue weighted by atomic mass is 10.2. The molecule has 0 bridgehead atoms. The van der Waals surface area contributed by atoms with Gasteiger partial charge in [-0.3, -0.25) is 4.79 Å². The van der Waals surface area contributed by atoms with E-state index in [1.54, 1.807) is 29.7 Å². The summed E-state index contributed by atoms with van der Waals surface area (Å²) in [6.07, 6.45) is 1.69. The maximum atomic E-state index is 12.5. The van der Waals surface area contributed by atoms with Gasteiger partial charge in [-0.1, -0.05) is 16.9 Å². The Morgan fingerprint density at radius 3 is 2.92 bits per heavy atom. The molecule has 3 heterocycles. The third kappa shape index (κ3) is 4.24. The molecule has 0 unspecified atom stereocenters. The van der Waals surface area contributed by atoms with Gasteiger partial charge in [-0.15, -0.1) is 11.3 Å². The second kappa shape index (κ2) is 7.63. The van der Waals surface area contributed by atoms with Gasteiger partial charge in [0.05, 0.1) is 17.8 Å². The van der Waals surface area contributed by atoms with Crippen molar-refractivity contribution in [2.45, 2.75) is 31.2 Å². The molecule has 0 aliphatic heterocycles. The van der Waals surface area contributed by atoms with Crippen molar-refractivity contribution in [1.29, 1.82) is 0 Å². The summed E-state index contributed by atoms with van der Waals surface area (Å²) in [5, 5.41) is 7.61. The van der Waals surface area contributed by atoms with Crippen LogP contribution in [-0.2, 0) is 12.3 Å². The summed E-state index contributed by atoms with van der Waals surface area (Å²) in [6.45, 7) is 4.43. The molecule has 0 radical (unpaired) electrons. The van der Waals surface area contributed by atoms with Crippen molar-refractivity contribution in [3.63, 3.8) is 0 Å². The Bertz CT molecular complexity index is 842. The highest BCUT2D eigenvalue weighted by Gasteiger charge is 2.13. The molecule has 1 N–H and O–H groups in total. The number of hydrogen-bond donors (Lipinski definition) is 1. The van der Waals surface area contributed by atoms with Crippen molar-refractivity contribution in [2.75, 3.05) is 0 Å². The van der Waals surface area contributed by atoms with Crippen LogP contribution in [0.1, 0.15) is 31.6 Å². The van der Waals surface area contributed by atoms with E-state index < -0.39 is 0 Å². The summed E-state index contributed by atoms with van der Waals surface area (Å²) >= 11 is 3.16. The van der Waals surface area contributed by atoms with E-state index in [1.807, 2.05) is 19.1 Å². The first-order valence-electron chi connectivity index (χ1n) is 7.45. The average Bonchev–Trinajstić information content (AvgIpc) is 3.19. The monoisotopic (exact) mass is 359 g/mol. The van der Waals surface area contributed by atoms with E-state index >= 15 is 0 Å². The highest BCUT2D eigenvalue weighted by molar-refractivity contribution is 7.98. The van der Waals surface area contributed by atoms with Crippen LogP contribution in [-0.4, -0.2) is 16.0 Å². The molecule has 0 aliphatic rings. The second-order valence-electron chi connectivity index (χ2n) is 5.27. The number of rotatable bonds is 6. The molecule has 5 nitrogen and oxygen atoms in total. The quantitative estimate of drug-likeness (QED) is 0.675. The summed E-state index contributed by atoms with van der Waals surface area (Å²) in [7, 11) is 0. The average molecular weight is 359 g/mol. The Morgan fingerprint density at radius 2 is 2.21 bits per heavy atom. The molecule has 3 rings (SSSR count). The van der Waals surface area contributed by atoms with Crippen molar-refractivity contribution < 1.29 is 9.32 Å². The van der Waals surface area contributed by atoms with Crippen LogP contribution in [0.3, 0.4) is 0 Å². The molecule has 7 heteroatoms. The molecule has 0 aromatic carbocycles. The van der Waals surface area contributed by atoms with Crippen LogP contribution in [0.25, 0.3) is 0 Å². The van der Waals surface area contributed by atoms with Gasteiger partial charge in [0.15, 0.2) is 0 Å². The van der Waals surface area contributed by atoms with Gasteiger partial charge in [-0.25, -0.2) is 4.98 Å². The van der Waals surface area contributed by atoms with Crippen LogP contribution in [0.15, 0.2) is 46.1 Å². The lowest BCUT2D eigenvalue weighted by Gasteiger charge is -2.07. The third-order valence-corrected chi connectivity index (χ3v) is 5.31. The Kier molecular flexibility index (Phi) is 5.32. The molecule has 0 saturated carbocycles. The molecular formula is C17H17N3O2S2. The molecule has 0 spiro atoms. The Balaban J connectivity index is 1.65. The summed E-state index contributed by atoms with van der Waals surface area (Å²) in [5.41, 5.74) is 1.42. The van der Waals surface area contributed by atoms with E-state index in [0.717, 1.165) is 16.3 Å². The zero-order valence-electron chi connectivity index (χ0n) is 13.4. The zero-order valence-corrected chi connectivity index (χ0v) is 15.0. The highest BCUT2D eigenvalue weighted by atomic mass is 32.2. The van der Waals surface area contributed by atoms with Crippen LogP contribution in [0, 0.1) is 13.8 Å². The summed E-state index contributed by atoms with van der Waals surface area (Å²) in [5.74, 6) is 1.27. The van der Waals surface area contributed by atoms with Gasteiger partial charge in [-0.05, 0) is 38.1 Å². The van der Waals surface area contributed by atoms with Gasteiger partial charge in [0, 0.05) is 27.8 Å². The number of aryl methyl sites for hydroxylation is 2. The van der Waals surface area contributed by atoms with E-state index in [1.165, 1.54) is 16.6 Å². The fourth-order valence-corrected chi connectivity index (χ4v) is 3.85. The number of pyridine rings is 1.